The molecule has 0 aromatic heterocycles. The van der Waals surface area contributed by atoms with Crippen LogP contribution in [0.1, 0.15) is 39.5 Å². The maximum absolute atomic E-state index is 2.25. The molecule has 0 aliphatic heterocycles. The van der Waals surface area contributed by atoms with Crippen molar-refractivity contribution in [3.8, 4) is 0 Å². The first kappa shape index (κ1) is 11.4. The van der Waals surface area contributed by atoms with E-state index in [9.17, 15) is 0 Å². The Morgan fingerprint density at radius 2 is 2.00 bits per heavy atom. The second-order valence-corrected chi connectivity index (χ2v) is 4.83. The highest BCUT2D eigenvalue weighted by Crippen LogP contribution is 2.23. The highest BCUT2D eigenvalue weighted by Gasteiger charge is 1.84. The SMILES string of the molecule is CCCC=CSSCCCC. The van der Waals surface area contributed by atoms with Crippen molar-refractivity contribution in [1.82, 2.24) is 0 Å². The second-order valence-electron chi connectivity index (χ2n) is 2.43. The summed E-state index contributed by atoms with van der Waals surface area (Å²) >= 11 is 0. The minimum absolute atomic E-state index is 1.22. The summed E-state index contributed by atoms with van der Waals surface area (Å²) in [5.74, 6) is 1.29. The molecule has 0 aromatic rings. The second kappa shape index (κ2) is 10.4. The monoisotopic (exact) mass is 190 g/mol. The van der Waals surface area contributed by atoms with Gasteiger partial charge < -0.3 is 0 Å². The number of rotatable bonds is 7. The van der Waals surface area contributed by atoms with Crippen molar-refractivity contribution < 1.29 is 0 Å². The van der Waals surface area contributed by atoms with E-state index in [0.717, 1.165) is 0 Å². The van der Waals surface area contributed by atoms with Gasteiger partial charge in [-0.15, -0.1) is 0 Å². The van der Waals surface area contributed by atoms with Gasteiger partial charge in [0, 0.05) is 5.75 Å². The van der Waals surface area contributed by atoms with Crippen molar-refractivity contribution in [1.29, 1.82) is 0 Å². The zero-order valence-electron chi connectivity index (χ0n) is 7.51. The highest BCUT2D eigenvalue weighted by molar-refractivity contribution is 8.77. The molecule has 0 saturated heterocycles. The molecule has 66 valence electrons. The van der Waals surface area contributed by atoms with Crippen molar-refractivity contribution in [2.75, 3.05) is 5.75 Å². The topological polar surface area (TPSA) is 0 Å². The van der Waals surface area contributed by atoms with E-state index in [0.29, 0.717) is 0 Å². The van der Waals surface area contributed by atoms with E-state index in [1.807, 2.05) is 21.6 Å². The van der Waals surface area contributed by atoms with Crippen LogP contribution < -0.4 is 0 Å². The Kier molecular flexibility index (Phi) is 10.9. The minimum Gasteiger partial charge on any atom is -0.0896 e. The molecule has 11 heavy (non-hydrogen) atoms. The summed E-state index contributed by atoms with van der Waals surface area (Å²) in [6.07, 6.45) is 7.40. The summed E-state index contributed by atoms with van der Waals surface area (Å²) in [6.45, 7) is 4.44. The average Bonchev–Trinajstić information content (AvgIpc) is 2.03. The molecule has 0 aliphatic rings. The van der Waals surface area contributed by atoms with E-state index in [-0.39, 0.29) is 0 Å². The third-order valence-corrected chi connectivity index (χ3v) is 3.39. The fourth-order valence-corrected chi connectivity index (χ4v) is 2.47. The van der Waals surface area contributed by atoms with E-state index in [2.05, 4.69) is 25.3 Å². The van der Waals surface area contributed by atoms with Gasteiger partial charge in [0.1, 0.15) is 0 Å². The molecule has 0 atom stereocenters. The number of hydrogen-bond acceptors (Lipinski definition) is 2. The molecule has 0 unspecified atom stereocenters. The largest absolute Gasteiger partial charge is 0.0896 e. The third kappa shape index (κ3) is 10.4. The Morgan fingerprint density at radius 3 is 2.64 bits per heavy atom. The van der Waals surface area contributed by atoms with E-state index >= 15 is 0 Å². The van der Waals surface area contributed by atoms with Gasteiger partial charge in [0.05, 0.1) is 0 Å². The van der Waals surface area contributed by atoms with Crippen LogP contribution in [0.5, 0.6) is 0 Å². The minimum atomic E-state index is 1.22. The Morgan fingerprint density at radius 1 is 1.18 bits per heavy atom. The summed E-state index contributed by atoms with van der Waals surface area (Å²) in [5.41, 5.74) is 0. The quantitative estimate of drug-likeness (QED) is 0.429. The van der Waals surface area contributed by atoms with Crippen molar-refractivity contribution in [2.45, 2.75) is 39.5 Å². The third-order valence-electron chi connectivity index (χ3n) is 1.26. The highest BCUT2D eigenvalue weighted by atomic mass is 33.1. The molecule has 0 fully saturated rings. The van der Waals surface area contributed by atoms with Gasteiger partial charge in [0.2, 0.25) is 0 Å². The molecule has 0 N–H and O–H groups in total. The Bertz CT molecular complexity index is 89.6. The zero-order chi connectivity index (χ0) is 8.36. The molecule has 0 aliphatic carbocycles. The molecule has 0 saturated carbocycles. The fraction of sp³-hybridized carbons (Fsp3) is 0.778. The molecule has 0 amide bonds. The van der Waals surface area contributed by atoms with Gasteiger partial charge in [0.25, 0.3) is 0 Å². The van der Waals surface area contributed by atoms with Crippen LogP contribution in [-0.4, -0.2) is 5.75 Å². The predicted molar refractivity (Wildman–Crippen MR) is 59.0 cm³/mol. The Labute approximate surface area is 78.6 Å². The molecule has 0 aromatic carbocycles. The normalized spacial score (nSPS) is 11.1. The van der Waals surface area contributed by atoms with E-state index in [1.54, 1.807) is 0 Å². The maximum atomic E-state index is 2.25. The lowest BCUT2D eigenvalue weighted by Crippen LogP contribution is -1.70. The van der Waals surface area contributed by atoms with Crippen LogP contribution in [0.25, 0.3) is 0 Å². The predicted octanol–water partition coefficient (Wildman–Crippen LogP) is 4.48. The summed E-state index contributed by atoms with van der Waals surface area (Å²) in [6, 6.07) is 0. The molecular weight excluding hydrogens is 172 g/mol. The molecular formula is C9H18S2. The number of allylic oxidation sites excluding steroid dienone is 1. The summed E-state index contributed by atoms with van der Waals surface area (Å²) < 4.78 is 0. The van der Waals surface area contributed by atoms with Crippen molar-refractivity contribution in [2.24, 2.45) is 0 Å². The van der Waals surface area contributed by atoms with Crippen molar-refractivity contribution in [3.05, 3.63) is 11.5 Å². The molecule has 0 nitrogen and oxygen atoms in total. The molecule has 0 heterocycles. The van der Waals surface area contributed by atoms with Gasteiger partial charge in [-0.25, -0.2) is 0 Å². The molecule has 0 rings (SSSR count). The van der Waals surface area contributed by atoms with Crippen molar-refractivity contribution >= 4 is 21.6 Å². The molecule has 0 radical (unpaired) electrons. The summed E-state index contributed by atoms with van der Waals surface area (Å²) in [5, 5.41) is 2.21. The molecule has 0 spiro atoms. The average molecular weight is 190 g/mol. The van der Waals surface area contributed by atoms with Gasteiger partial charge in [-0.05, 0) is 18.2 Å². The van der Waals surface area contributed by atoms with Crippen LogP contribution in [0.2, 0.25) is 0 Å². The van der Waals surface area contributed by atoms with Gasteiger partial charge >= 0.3 is 0 Å². The molecule has 0 bridgehead atoms. The van der Waals surface area contributed by atoms with Gasteiger partial charge in [-0.2, -0.15) is 0 Å². The van der Waals surface area contributed by atoms with E-state index in [4.69, 9.17) is 0 Å². The lowest BCUT2D eigenvalue weighted by atomic mass is 10.3. The van der Waals surface area contributed by atoms with Gasteiger partial charge in [-0.1, -0.05) is 54.4 Å². The van der Waals surface area contributed by atoms with E-state index in [1.165, 1.54) is 31.4 Å². The van der Waals surface area contributed by atoms with Crippen LogP contribution in [0, 0.1) is 0 Å². The first-order valence-corrected chi connectivity index (χ1v) is 6.73. The Hall–Kier alpha value is 0.440. The summed E-state index contributed by atoms with van der Waals surface area (Å²) in [4.78, 5) is 0. The maximum Gasteiger partial charge on any atom is 0.00400 e. The fourth-order valence-electron chi connectivity index (χ4n) is 0.565. The van der Waals surface area contributed by atoms with Crippen LogP contribution in [0.4, 0.5) is 0 Å². The lowest BCUT2D eigenvalue weighted by molar-refractivity contribution is 0.898. The smallest absolute Gasteiger partial charge is 0.00400 e. The zero-order valence-corrected chi connectivity index (χ0v) is 9.14. The first-order chi connectivity index (χ1) is 5.41. The summed E-state index contributed by atoms with van der Waals surface area (Å²) in [7, 11) is 3.83. The van der Waals surface area contributed by atoms with Crippen LogP contribution >= 0.6 is 21.6 Å². The first-order valence-electron chi connectivity index (χ1n) is 4.35. The van der Waals surface area contributed by atoms with Crippen molar-refractivity contribution in [3.63, 3.8) is 0 Å². The van der Waals surface area contributed by atoms with Gasteiger partial charge in [0.15, 0.2) is 0 Å². The van der Waals surface area contributed by atoms with E-state index < -0.39 is 0 Å². The molecule has 2 heteroatoms. The van der Waals surface area contributed by atoms with Crippen LogP contribution in [-0.2, 0) is 0 Å². The lowest BCUT2D eigenvalue weighted by Gasteiger charge is -1.92. The van der Waals surface area contributed by atoms with Gasteiger partial charge in [-0.3, -0.25) is 0 Å². The number of unbranched alkanes of at least 4 members (excludes halogenated alkanes) is 2. The van der Waals surface area contributed by atoms with Crippen LogP contribution in [0.15, 0.2) is 11.5 Å². The van der Waals surface area contributed by atoms with Crippen LogP contribution in [0.3, 0.4) is 0 Å². The standard InChI is InChI=1S/C9H18S2/c1-3-5-7-9-11-10-8-6-4-2/h7,9H,3-6,8H2,1-2H3. The number of hydrogen-bond donors (Lipinski definition) is 0. The Balaban J connectivity index is 2.89.